The molecule has 2 nitrogen and oxygen atoms in total. The number of hydrogen-bond donors (Lipinski definition) is 1. The smallest absolute Gasteiger partial charge is 0.131 e. The van der Waals surface area contributed by atoms with E-state index in [1.807, 2.05) is 51.1 Å². The summed E-state index contributed by atoms with van der Waals surface area (Å²) in [4.78, 5) is 0. The lowest BCUT2D eigenvalue weighted by Gasteiger charge is -2.15. The molecule has 0 aliphatic rings. The van der Waals surface area contributed by atoms with Crippen LogP contribution in [0.25, 0.3) is 0 Å². The summed E-state index contributed by atoms with van der Waals surface area (Å²) >= 11 is 0. The first kappa shape index (κ1) is 15.5. The van der Waals surface area contributed by atoms with E-state index in [9.17, 15) is 4.39 Å². The number of nitrogens with one attached hydrogen (secondary N) is 1. The Bertz CT molecular complexity index is 580. The fraction of sp³-hybridized carbons (Fsp3) is 0.333. The third-order valence-corrected chi connectivity index (χ3v) is 3.47. The molecule has 0 amide bonds. The highest BCUT2D eigenvalue weighted by atomic mass is 19.1. The molecule has 21 heavy (non-hydrogen) atoms. The van der Waals surface area contributed by atoms with Gasteiger partial charge in [-0.25, -0.2) is 4.39 Å². The summed E-state index contributed by atoms with van der Waals surface area (Å²) in [6, 6.07) is 13.2. The normalized spacial score (nSPS) is 12.2. The first-order chi connectivity index (χ1) is 10.1. The van der Waals surface area contributed by atoms with Gasteiger partial charge in [-0.1, -0.05) is 42.8 Å². The Morgan fingerprint density at radius 2 is 1.86 bits per heavy atom. The molecular weight excluding hydrogens is 265 g/mol. The van der Waals surface area contributed by atoms with Gasteiger partial charge in [0.1, 0.15) is 18.2 Å². The van der Waals surface area contributed by atoms with Crippen molar-refractivity contribution in [3.8, 4) is 5.75 Å². The minimum Gasteiger partial charge on any atom is -0.489 e. The van der Waals surface area contributed by atoms with E-state index >= 15 is 0 Å². The van der Waals surface area contributed by atoms with E-state index in [2.05, 4.69) is 5.32 Å². The maximum Gasteiger partial charge on any atom is 0.131 e. The Hall–Kier alpha value is -1.87. The number of halogens is 1. The fourth-order valence-electron chi connectivity index (χ4n) is 2.22. The number of aryl methyl sites for hydroxylation is 1. The first-order valence-electron chi connectivity index (χ1n) is 7.31. The standard InChI is InChI=1S/C18H22FNO/c1-4-20-14(3)17-10-9-16(11-18(17)19)21-12-15-7-5-13(2)6-8-15/h5-11,14,20H,4,12H2,1-3H3. The van der Waals surface area contributed by atoms with Crippen molar-refractivity contribution in [1.82, 2.24) is 5.32 Å². The Morgan fingerprint density at radius 1 is 1.14 bits per heavy atom. The van der Waals surface area contributed by atoms with E-state index in [0.29, 0.717) is 17.9 Å². The van der Waals surface area contributed by atoms with Crippen molar-refractivity contribution < 1.29 is 9.13 Å². The number of hydrogen-bond acceptors (Lipinski definition) is 2. The summed E-state index contributed by atoms with van der Waals surface area (Å²) in [5.41, 5.74) is 2.96. The summed E-state index contributed by atoms with van der Waals surface area (Å²) < 4.78 is 19.7. The highest BCUT2D eigenvalue weighted by Crippen LogP contribution is 2.22. The van der Waals surface area contributed by atoms with Crippen LogP contribution in [0.2, 0.25) is 0 Å². The Balaban J connectivity index is 2.01. The first-order valence-corrected chi connectivity index (χ1v) is 7.31. The molecule has 0 aromatic heterocycles. The van der Waals surface area contributed by atoms with Crippen LogP contribution in [0.4, 0.5) is 4.39 Å². The highest BCUT2D eigenvalue weighted by Gasteiger charge is 2.10. The van der Waals surface area contributed by atoms with Gasteiger partial charge in [-0.2, -0.15) is 0 Å². The molecule has 0 saturated heterocycles. The van der Waals surface area contributed by atoms with E-state index in [1.165, 1.54) is 11.6 Å². The van der Waals surface area contributed by atoms with Crippen LogP contribution in [0.1, 0.15) is 36.6 Å². The van der Waals surface area contributed by atoms with Crippen molar-refractivity contribution in [2.45, 2.75) is 33.4 Å². The maximum absolute atomic E-state index is 14.1. The lowest BCUT2D eigenvalue weighted by molar-refractivity contribution is 0.304. The van der Waals surface area contributed by atoms with Gasteiger partial charge in [0.05, 0.1) is 0 Å². The largest absolute Gasteiger partial charge is 0.489 e. The molecule has 0 aliphatic carbocycles. The fourth-order valence-corrected chi connectivity index (χ4v) is 2.22. The van der Waals surface area contributed by atoms with Gasteiger partial charge in [-0.3, -0.25) is 0 Å². The predicted octanol–water partition coefficient (Wildman–Crippen LogP) is 4.38. The highest BCUT2D eigenvalue weighted by molar-refractivity contribution is 5.31. The molecule has 1 N–H and O–H groups in total. The van der Waals surface area contributed by atoms with Crippen molar-refractivity contribution in [2.75, 3.05) is 6.54 Å². The average Bonchev–Trinajstić information content (AvgIpc) is 2.47. The second-order valence-corrected chi connectivity index (χ2v) is 5.24. The molecule has 1 atom stereocenters. The maximum atomic E-state index is 14.1. The molecule has 2 aromatic carbocycles. The van der Waals surface area contributed by atoms with Crippen LogP contribution in [0.3, 0.4) is 0 Å². The summed E-state index contributed by atoms with van der Waals surface area (Å²) in [5.74, 6) is 0.324. The van der Waals surface area contributed by atoms with Gasteiger partial charge in [0, 0.05) is 17.7 Å². The zero-order chi connectivity index (χ0) is 15.2. The molecule has 0 fully saturated rings. The van der Waals surface area contributed by atoms with Gasteiger partial charge in [0.25, 0.3) is 0 Å². The van der Waals surface area contributed by atoms with Crippen molar-refractivity contribution in [3.05, 3.63) is 65.0 Å². The minimum absolute atomic E-state index is 0.00106. The third-order valence-electron chi connectivity index (χ3n) is 3.47. The predicted molar refractivity (Wildman–Crippen MR) is 84.0 cm³/mol. The van der Waals surface area contributed by atoms with Gasteiger partial charge in [-0.05, 0) is 32.0 Å². The van der Waals surface area contributed by atoms with Gasteiger partial charge >= 0.3 is 0 Å². The van der Waals surface area contributed by atoms with Crippen molar-refractivity contribution in [3.63, 3.8) is 0 Å². The average molecular weight is 287 g/mol. The minimum atomic E-state index is -0.232. The quantitative estimate of drug-likeness (QED) is 0.851. The van der Waals surface area contributed by atoms with Gasteiger partial charge in [-0.15, -0.1) is 0 Å². The SMILES string of the molecule is CCNC(C)c1ccc(OCc2ccc(C)cc2)cc1F. The van der Waals surface area contributed by atoms with Crippen LogP contribution in [0, 0.1) is 12.7 Å². The van der Waals surface area contributed by atoms with Gasteiger partial charge < -0.3 is 10.1 Å². The summed E-state index contributed by atoms with van der Waals surface area (Å²) in [7, 11) is 0. The van der Waals surface area contributed by atoms with Crippen LogP contribution < -0.4 is 10.1 Å². The molecule has 0 saturated carbocycles. The van der Waals surface area contributed by atoms with E-state index in [1.54, 1.807) is 6.07 Å². The summed E-state index contributed by atoms with van der Waals surface area (Å²) in [6.07, 6.45) is 0. The Labute approximate surface area is 126 Å². The van der Waals surface area contributed by atoms with Crippen LogP contribution in [0.5, 0.6) is 5.75 Å². The molecule has 0 aliphatic heterocycles. The Kier molecular flexibility index (Phi) is 5.34. The van der Waals surface area contributed by atoms with Crippen molar-refractivity contribution in [2.24, 2.45) is 0 Å². The van der Waals surface area contributed by atoms with E-state index in [0.717, 1.165) is 12.1 Å². The Morgan fingerprint density at radius 3 is 2.48 bits per heavy atom. The lowest BCUT2D eigenvalue weighted by atomic mass is 10.1. The number of ether oxygens (including phenoxy) is 1. The monoisotopic (exact) mass is 287 g/mol. The van der Waals surface area contributed by atoms with Crippen LogP contribution in [-0.4, -0.2) is 6.54 Å². The second-order valence-electron chi connectivity index (χ2n) is 5.24. The van der Waals surface area contributed by atoms with Crippen LogP contribution in [-0.2, 0) is 6.61 Å². The third kappa shape index (κ3) is 4.30. The van der Waals surface area contributed by atoms with E-state index in [-0.39, 0.29) is 11.9 Å². The topological polar surface area (TPSA) is 21.3 Å². The molecular formula is C18H22FNO. The molecule has 1 unspecified atom stereocenters. The number of rotatable bonds is 6. The molecule has 2 aromatic rings. The molecule has 2 rings (SSSR count). The lowest BCUT2D eigenvalue weighted by Crippen LogP contribution is -2.18. The van der Waals surface area contributed by atoms with Gasteiger partial charge in [0.2, 0.25) is 0 Å². The zero-order valence-electron chi connectivity index (χ0n) is 12.8. The van der Waals surface area contributed by atoms with Crippen molar-refractivity contribution in [1.29, 1.82) is 0 Å². The molecule has 3 heteroatoms. The van der Waals surface area contributed by atoms with Crippen molar-refractivity contribution >= 4 is 0 Å². The summed E-state index contributed by atoms with van der Waals surface area (Å²) in [5, 5.41) is 3.20. The second kappa shape index (κ2) is 7.23. The van der Waals surface area contributed by atoms with Gasteiger partial charge in [0.15, 0.2) is 0 Å². The number of benzene rings is 2. The molecule has 0 radical (unpaired) electrons. The van der Waals surface area contributed by atoms with E-state index < -0.39 is 0 Å². The molecule has 0 spiro atoms. The van der Waals surface area contributed by atoms with Crippen LogP contribution in [0.15, 0.2) is 42.5 Å². The summed E-state index contributed by atoms with van der Waals surface area (Å²) in [6.45, 7) is 7.26. The molecule has 0 heterocycles. The van der Waals surface area contributed by atoms with E-state index in [4.69, 9.17) is 4.74 Å². The zero-order valence-corrected chi connectivity index (χ0v) is 12.8. The van der Waals surface area contributed by atoms with Crippen LogP contribution >= 0.6 is 0 Å². The molecule has 0 bridgehead atoms. The molecule has 112 valence electrons.